The standard InChI is InChI=1S/C10H15N5O2/c1-6(16)12-7-2-3-15(5-7)10(17)8-4-9(11)14-13-8/h4,7H,2-3,5H2,1H3,(H,12,16)(H3,11,13,14). The van der Waals surface area contributed by atoms with Crippen molar-refractivity contribution in [2.24, 2.45) is 0 Å². The van der Waals surface area contributed by atoms with Gasteiger partial charge < -0.3 is 16.0 Å². The van der Waals surface area contributed by atoms with Crippen LogP contribution in [0.3, 0.4) is 0 Å². The van der Waals surface area contributed by atoms with E-state index in [4.69, 9.17) is 5.73 Å². The average molecular weight is 237 g/mol. The van der Waals surface area contributed by atoms with Gasteiger partial charge >= 0.3 is 0 Å². The Kier molecular flexibility index (Phi) is 2.99. The van der Waals surface area contributed by atoms with Crippen molar-refractivity contribution in [1.29, 1.82) is 0 Å². The van der Waals surface area contributed by atoms with Crippen molar-refractivity contribution in [2.75, 3.05) is 18.8 Å². The van der Waals surface area contributed by atoms with Crippen LogP contribution in [0.5, 0.6) is 0 Å². The average Bonchev–Trinajstić information content (AvgIpc) is 2.85. The predicted octanol–water partition coefficient (Wildman–Crippen LogP) is -0.657. The van der Waals surface area contributed by atoms with Gasteiger partial charge in [-0.1, -0.05) is 0 Å². The maximum absolute atomic E-state index is 12.0. The summed E-state index contributed by atoms with van der Waals surface area (Å²) < 4.78 is 0. The number of likely N-dealkylation sites (tertiary alicyclic amines) is 1. The fourth-order valence-electron chi connectivity index (χ4n) is 1.97. The van der Waals surface area contributed by atoms with E-state index in [0.717, 1.165) is 6.42 Å². The number of rotatable bonds is 2. The summed E-state index contributed by atoms with van der Waals surface area (Å²) in [5.74, 6) is 0.0862. The molecule has 0 radical (unpaired) electrons. The van der Waals surface area contributed by atoms with Gasteiger partial charge in [-0.25, -0.2) is 0 Å². The van der Waals surface area contributed by atoms with E-state index in [0.29, 0.717) is 24.6 Å². The summed E-state index contributed by atoms with van der Waals surface area (Å²) in [5, 5.41) is 9.10. The van der Waals surface area contributed by atoms with Crippen LogP contribution in [0.2, 0.25) is 0 Å². The molecule has 7 heteroatoms. The third-order valence-electron chi connectivity index (χ3n) is 2.71. The molecule has 1 aromatic heterocycles. The van der Waals surface area contributed by atoms with Gasteiger partial charge in [0.05, 0.1) is 0 Å². The number of nitrogen functional groups attached to an aromatic ring is 1. The van der Waals surface area contributed by atoms with Gasteiger partial charge in [0.1, 0.15) is 11.5 Å². The summed E-state index contributed by atoms with van der Waals surface area (Å²) in [6.45, 7) is 2.63. The number of carbonyl (C=O) groups is 2. The Morgan fingerprint density at radius 3 is 3.00 bits per heavy atom. The second-order valence-electron chi connectivity index (χ2n) is 4.14. The maximum Gasteiger partial charge on any atom is 0.272 e. The third kappa shape index (κ3) is 2.55. The Morgan fingerprint density at radius 1 is 1.65 bits per heavy atom. The summed E-state index contributed by atoms with van der Waals surface area (Å²) in [4.78, 5) is 24.6. The zero-order valence-corrected chi connectivity index (χ0v) is 9.56. The predicted molar refractivity (Wildman–Crippen MR) is 61.1 cm³/mol. The largest absolute Gasteiger partial charge is 0.382 e. The van der Waals surface area contributed by atoms with Crippen molar-refractivity contribution < 1.29 is 9.59 Å². The van der Waals surface area contributed by atoms with Crippen molar-refractivity contribution in [1.82, 2.24) is 20.4 Å². The second kappa shape index (κ2) is 4.44. The van der Waals surface area contributed by atoms with Crippen molar-refractivity contribution in [3.8, 4) is 0 Å². The molecule has 2 rings (SSSR count). The van der Waals surface area contributed by atoms with Gasteiger partial charge in [-0.15, -0.1) is 0 Å². The molecule has 0 saturated carbocycles. The van der Waals surface area contributed by atoms with E-state index in [1.54, 1.807) is 4.90 Å². The molecule has 4 N–H and O–H groups in total. The van der Waals surface area contributed by atoms with Gasteiger partial charge in [-0.05, 0) is 6.42 Å². The molecule has 1 saturated heterocycles. The topological polar surface area (TPSA) is 104 Å². The molecule has 1 aliphatic heterocycles. The van der Waals surface area contributed by atoms with Crippen LogP contribution in [0, 0.1) is 0 Å². The minimum atomic E-state index is -0.137. The van der Waals surface area contributed by atoms with Crippen molar-refractivity contribution >= 4 is 17.6 Å². The number of hydrogen-bond donors (Lipinski definition) is 3. The highest BCUT2D eigenvalue weighted by Crippen LogP contribution is 2.13. The molecule has 1 atom stereocenters. The summed E-state index contributed by atoms with van der Waals surface area (Å²) >= 11 is 0. The first-order valence-electron chi connectivity index (χ1n) is 5.43. The number of amides is 2. The molecule has 17 heavy (non-hydrogen) atoms. The third-order valence-corrected chi connectivity index (χ3v) is 2.71. The van der Waals surface area contributed by atoms with Gasteiger partial charge in [-0.2, -0.15) is 5.10 Å². The molecule has 1 unspecified atom stereocenters. The van der Waals surface area contributed by atoms with Gasteiger partial charge in [0.25, 0.3) is 5.91 Å². The minimum Gasteiger partial charge on any atom is -0.382 e. The Balaban J connectivity index is 1.96. The smallest absolute Gasteiger partial charge is 0.272 e. The van der Waals surface area contributed by atoms with Crippen LogP contribution in [0.15, 0.2) is 6.07 Å². The lowest BCUT2D eigenvalue weighted by atomic mass is 10.2. The number of anilines is 1. The molecule has 2 amide bonds. The SMILES string of the molecule is CC(=O)NC1CCN(C(=O)c2cc(N)n[nH]2)C1. The van der Waals surface area contributed by atoms with Crippen molar-refractivity contribution in [3.05, 3.63) is 11.8 Å². The number of H-pyrrole nitrogens is 1. The summed E-state index contributed by atoms with van der Waals surface area (Å²) in [7, 11) is 0. The highest BCUT2D eigenvalue weighted by Gasteiger charge is 2.28. The molecule has 0 spiro atoms. The number of aromatic nitrogens is 2. The highest BCUT2D eigenvalue weighted by molar-refractivity contribution is 5.93. The first-order valence-corrected chi connectivity index (χ1v) is 5.43. The Bertz CT molecular complexity index is 442. The van der Waals surface area contributed by atoms with Gasteiger partial charge in [0.15, 0.2) is 0 Å². The van der Waals surface area contributed by atoms with Gasteiger partial charge in [0.2, 0.25) is 5.91 Å². The lowest BCUT2D eigenvalue weighted by Crippen LogP contribution is -2.37. The van der Waals surface area contributed by atoms with E-state index < -0.39 is 0 Å². The van der Waals surface area contributed by atoms with Crippen LogP contribution < -0.4 is 11.1 Å². The fourth-order valence-corrected chi connectivity index (χ4v) is 1.97. The number of hydrogen-bond acceptors (Lipinski definition) is 4. The first kappa shape index (κ1) is 11.4. The summed E-state index contributed by atoms with van der Waals surface area (Å²) in [6, 6.07) is 1.55. The Morgan fingerprint density at radius 2 is 2.41 bits per heavy atom. The lowest BCUT2D eigenvalue weighted by Gasteiger charge is -2.15. The number of nitrogens with one attached hydrogen (secondary N) is 2. The van der Waals surface area contributed by atoms with Crippen molar-refractivity contribution in [3.63, 3.8) is 0 Å². The molecule has 2 heterocycles. The molecule has 1 aromatic rings. The molecular formula is C10H15N5O2. The molecule has 0 aliphatic carbocycles. The van der Waals surface area contributed by atoms with Crippen LogP contribution in [0.25, 0.3) is 0 Å². The van der Waals surface area contributed by atoms with Crippen LogP contribution >= 0.6 is 0 Å². The normalized spacial score (nSPS) is 19.4. The maximum atomic E-state index is 12.0. The molecule has 7 nitrogen and oxygen atoms in total. The van der Waals surface area contributed by atoms with E-state index in [9.17, 15) is 9.59 Å². The van der Waals surface area contributed by atoms with E-state index in [2.05, 4.69) is 15.5 Å². The van der Waals surface area contributed by atoms with Crippen LogP contribution in [-0.4, -0.2) is 46.0 Å². The molecule has 92 valence electrons. The quantitative estimate of drug-likeness (QED) is 0.635. The monoisotopic (exact) mass is 237 g/mol. The Hall–Kier alpha value is -2.05. The highest BCUT2D eigenvalue weighted by atomic mass is 16.2. The zero-order chi connectivity index (χ0) is 12.4. The van der Waals surface area contributed by atoms with E-state index in [-0.39, 0.29) is 17.9 Å². The molecule has 1 fully saturated rings. The summed E-state index contributed by atoms with van der Waals surface area (Å²) in [5.41, 5.74) is 5.82. The number of nitrogens with zero attached hydrogens (tertiary/aromatic N) is 2. The molecule has 0 aromatic carbocycles. The number of aromatic amines is 1. The molecule has 1 aliphatic rings. The molecular weight excluding hydrogens is 222 g/mol. The van der Waals surface area contributed by atoms with E-state index in [1.165, 1.54) is 13.0 Å². The lowest BCUT2D eigenvalue weighted by molar-refractivity contribution is -0.119. The number of carbonyl (C=O) groups excluding carboxylic acids is 2. The van der Waals surface area contributed by atoms with Crippen LogP contribution in [0.1, 0.15) is 23.8 Å². The first-order chi connectivity index (χ1) is 8.06. The number of nitrogens with two attached hydrogens (primary N) is 1. The fraction of sp³-hybridized carbons (Fsp3) is 0.500. The summed E-state index contributed by atoms with van der Waals surface area (Å²) in [6.07, 6.45) is 0.773. The zero-order valence-electron chi connectivity index (χ0n) is 9.56. The minimum absolute atomic E-state index is 0.0386. The van der Waals surface area contributed by atoms with Gasteiger partial charge in [-0.3, -0.25) is 14.7 Å². The van der Waals surface area contributed by atoms with Gasteiger partial charge in [0, 0.05) is 32.1 Å². The van der Waals surface area contributed by atoms with Crippen LogP contribution in [-0.2, 0) is 4.79 Å². The Labute approximate surface area is 98.4 Å². The molecule has 0 bridgehead atoms. The second-order valence-corrected chi connectivity index (χ2v) is 4.14. The van der Waals surface area contributed by atoms with E-state index in [1.807, 2.05) is 0 Å². The van der Waals surface area contributed by atoms with E-state index >= 15 is 0 Å². The van der Waals surface area contributed by atoms with Crippen molar-refractivity contribution in [2.45, 2.75) is 19.4 Å². The van der Waals surface area contributed by atoms with Crippen LogP contribution in [0.4, 0.5) is 5.82 Å².